The third-order valence-corrected chi connectivity index (χ3v) is 4.65. The summed E-state index contributed by atoms with van der Waals surface area (Å²) in [5.74, 6) is -1.12. The molecule has 32 heavy (non-hydrogen) atoms. The summed E-state index contributed by atoms with van der Waals surface area (Å²) in [5.41, 5.74) is 1.24. The molecule has 4 aromatic rings. The summed E-state index contributed by atoms with van der Waals surface area (Å²) in [4.78, 5) is 16.5. The van der Waals surface area contributed by atoms with Gasteiger partial charge in [-0.25, -0.2) is 4.98 Å². The monoisotopic (exact) mass is 438 g/mol. The van der Waals surface area contributed by atoms with Crippen LogP contribution in [0.3, 0.4) is 0 Å². The Labute approximate surface area is 181 Å². The van der Waals surface area contributed by atoms with Crippen molar-refractivity contribution in [2.45, 2.75) is 6.18 Å². The lowest BCUT2D eigenvalue weighted by Crippen LogP contribution is -2.11. The topological polar surface area (TPSA) is 64.4 Å². The van der Waals surface area contributed by atoms with Gasteiger partial charge in [0.1, 0.15) is 11.4 Å². The molecule has 0 bridgehead atoms. The molecule has 0 aliphatic carbocycles. The Kier molecular flexibility index (Phi) is 5.68. The summed E-state index contributed by atoms with van der Waals surface area (Å²) >= 11 is 0. The number of alkyl halides is 3. The Hall–Kier alpha value is -4.07. The first-order valence-electron chi connectivity index (χ1n) is 9.54. The van der Waals surface area contributed by atoms with Crippen LogP contribution < -0.4 is 10.1 Å². The molecule has 0 fully saturated rings. The van der Waals surface area contributed by atoms with E-state index in [1.54, 1.807) is 54.6 Å². The molecule has 8 heteroatoms. The first-order chi connectivity index (χ1) is 15.3. The quantitative estimate of drug-likeness (QED) is 0.398. The van der Waals surface area contributed by atoms with Crippen molar-refractivity contribution in [1.82, 2.24) is 4.98 Å². The maximum atomic E-state index is 13.5. The van der Waals surface area contributed by atoms with Gasteiger partial charge in [-0.2, -0.15) is 13.2 Å². The van der Waals surface area contributed by atoms with Gasteiger partial charge in [0, 0.05) is 22.4 Å². The van der Waals surface area contributed by atoms with Crippen LogP contribution in [0.25, 0.3) is 22.7 Å². The fraction of sp³-hybridized carbons (Fsp3) is 0.0833. The highest BCUT2D eigenvalue weighted by atomic mass is 19.4. The van der Waals surface area contributed by atoms with E-state index in [1.165, 1.54) is 31.4 Å². The smallest absolute Gasteiger partial charge is 0.451 e. The minimum atomic E-state index is -4.69. The molecule has 5 nitrogen and oxygen atoms in total. The fourth-order valence-electron chi connectivity index (χ4n) is 3.09. The second-order valence-corrected chi connectivity index (χ2v) is 6.82. The van der Waals surface area contributed by atoms with E-state index in [-0.39, 0.29) is 17.5 Å². The standard InChI is InChI=1S/C24H17F3N2O3/c1-31-19-9-5-8-17(14-19)22(30)28-18-12-10-16(11-13-18)23-29-20(15-6-3-2-4-7-15)21(32-23)24(25,26)27/h2-14H,1H3,(H,28,30). The van der Waals surface area contributed by atoms with Gasteiger partial charge in [-0.05, 0) is 42.5 Å². The molecule has 162 valence electrons. The van der Waals surface area contributed by atoms with Gasteiger partial charge in [-0.3, -0.25) is 4.79 Å². The Bertz CT molecular complexity index is 1230. The summed E-state index contributed by atoms with van der Waals surface area (Å²) in [6.45, 7) is 0. The average molecular weight is 438 g/mol. The Balaban J connectivity index is 1.59. The number of hydrogen-bond acceptors (Lipinski definition) is 4. The minimum Gasteiger partial charge on any atom is -0.497 e. The highest BCUT2D eigenvalue weighted by molar-refractivity contribution is 6.04. The van der Waals surface area contributed by atoms with Gasteiger partial charge >= 0.3 is 6.18 Å². The molecule has 0 atom stereocenters. The molecule has 0 saturated carbocycles. The molecule has 4 rings (SSSR count). The lowest BCUT2D eigenvalue weighted by atomic mass is 10.1. The lowest BCUT2D eigenvalue weighted by molar-refractivity contribution is -0.152. The van der Waals surface area contributed by atoms with Gasteiger partial charge in [-0.1, -0.05) is 36.4 Å². The number of rotatable bonds is 5. The number of nitrogens with one attached hydrogen (secondary N) is 1. The molecule has 1 amide bonds. The molecule has 1 N–H and O–H groups in total. The first-order valence-corrected chi connectivity index (χ1v) is 9.54. The van der Waals surface area contributed by atoms with E-state index in [0.29, 0.717) is 28.1 Å². The summed E-state index contributed by atoms with van der Waals surface area (Å²) in [6.07, 6.45) is -4.69. The van der Waals surface area contributed by atoms with Crippen molar-refractivity contribution in [1.29, 1.82) is 0 Å². The molecule has 1 aromatic heterocycles. The summed E-state index contributed by atoms with van der Waals surface area (Å²) < 4.78 is 50.7. The van der Waals surface area contributed by atoms with Gasteiger partial charge in [0.15, 0.2) is 0 Å². The number of amides is 1. The number of ether oxygens (including phenoxy) is 1. The van der Waals surface area contributed by atoms with Gasteiger partial charge in [0.2, 0.25) is 11.7 Å². The van der Waals surface area contributed by atoms with Crippen molar-refractivity contribution in [3.05, 3.63) is 90.2 Å². The second kappa shape index (κ2) is 8.58. The largest absolute Gasteiger partial charge is 0.497 e. The fourth-order valence-corrected chi connectivity index (χ4v) is 3.09. The number of benzene rings is 3. The number of nitrogens with zero attached hydrogens (tertiary/aromatic N) is 1. The predicted molar refractivity (Wildman–Crippen MR) is 113 cm³/mol. The van der Waals surface area contributed by atoms with Gasteiger partial charge in [0.25, 0.3) is 5.91 Å². The number of hydrogen-bond donors (Lipinski definition) is 1. The summed E-state index contributed by atoms with van der Waals surface area (Å²) in [5, 5.41) is 2.73. The van der Waals surface area contributed by atoms with Crippen LogP contribution in [0.1, 0.15) is 16.1 Å². The van der Waals surface area contributed by atoms with Gasteiger partial charge in [-0.15, -0.1) is 0 Å². The van der Waals surface area contributed by atoms with Crippen LogP contribution in [0.15, 0.2) is 83.3 Å². The van der Waals surface area contributed by atoms with Crippen LogP contribution in [-0.4, -0.2) is 18.0 Å². The molecular formula is C24H17F3N2O3. The van der Waals surface area contributed by atoms with E-state index >= 15 is 0 Å². The maximum absolute atomic E-state index is 13.5. The SMILES string of the molecule is COc1cccc(C(=O)Nc2ccc(-c3nc(-c4ccccc4)c(C(F)(F)F)o3)cc2)c1. The first kappa shape index (κ1) is 21.2. The van der Waals surface area contributed by atoms with Crippen LogP contribution in [0.5, 0.6) is 5.75 Å². The second-order valence-electron chi connectivity index (χ2n) is 6.82. The summed E-state index contributed by atoms with van der Waals surface area (Å²) in [7, 11) is 1.51. The molecule has 0 aliphatic heterocycles. The maximum Gasteiger partial charge on any atom is 0.451 e. The normalized spacial score (nSPS) is 11.2. The number of oxazole rings is 1. The molecular weight excluding hydrogens is 421 g/mol. The van der Waals surface area contributed by atoms with Crippen molar-refractivity contribution >= 4 is 11.6 Å². The zero-order valence-electron chi connectivity index (χ0n) is 16.8. The van der Waals surface area contributed by atoms with Crippen LogP contribution in [-0.2, 0) is 6.18 Å². The Morgan fingerprint density at radius 3 is 2.31 bits per heavy atom. The number of halogens is 3. The number of carbonyl (C=O) groups excluding carboxylic acids is 1. The highest BCUT2D eigenvalue weighted by Crippen LogP contribution is 2.39. The van der Waals surface area contributed by atoms with Crippen molar-refractivity contribution in [3.63, 3.8) is 0 Å². The number of anilines is 1. The molecule has 1 heterocycles. The third-order valence-electron chi connectivity index (χ3n) is 4.65. The average Bonchev–Trinajstić information content (AvgIpc) is 3.26. The summed E-state index contributed by atoms with van der Waals surface area (Å²) in [6, 6.07) is 20.9. The number of carbonyl (C=O) groups is 1. The number of methoxy groups -OCH3 is 1. The Morgan fingerprint density at radius 1 is 0.938 bits per heavy atom. The van der Waals surface area contributed by atoms with Crippen LogP contribution in [0.2, 0.25) is 0 Å². The molecule has 0 saturated heterocycles. The van der Waals surface area contributed by atoms with Gasteiger partial charge < -0.3 is 14.5 Å². The zero-order chi connectivity index (χ0) is 22.7. The van der Waals surface area contributed by atoms with Crippen molar-refractivity contribution in [2.75, 3.05) is 12.4 Å². The van der Waals surface area contributed by atoms with E-state index in [9.17, 15) is 18.0 Å². The van der Waals surface area contributed by atoms with Crippen molar-refractivity contribution in [2.24, 2.45) is 0 Å². The van der Waals surface area contributed by atoms with E-state index in [1.807, 2.05) is 0 Å². The van der Waals surface area contributed by atoms with Crippen molar-refractivity contribution < 1.29 is 27.1 Å². The van der Waals surface area contributed by atoms with E-state index in [0.717, 1.165) is 0 Å². The van der Waals surface area contributed by atoms with Crippen LogP contribution >= 0.6 is 0 Å². The van der Waals surface area contributed by atoms with Gasteiger partial charge in [0.05, 0.1) is 7.11 Å². The predicted octanol–water partition coefficient (Wildman–Crippen LogP) is 6.29. The third kappa shape index (κ3) is 4.49. The molecule has 0 aliphatic rings. The van der Waals surface area contributed by atoms with Crippen LogP contribution in [0.4, 0.5) is 18.9 Å². The molecule has 0 unspecified atom stereocenters. The molecule has 0 radical (unpaired) electrons. The van der Waals surface area contributed by atoms with E-state index in [2.05, 4.69) is 10.3 Å². The Morgan fingerprint density at radius 2 is 1.66 bits per heavy atom. The number of aromatic nitrogens is 1. The van der Waals surface area contributed by atoms with E-state index in [4.69, 9.17) is 9.15 Å². The zero-order valence-corrected chi connectivity index (χ0v) is 16.8. The highest BCUT2D eigenvalue weighted by Gasteiger charge is 2.40. The van der Waals surface area contributed by atoms with Crippen LogP contribution in [0, 0.1) is 0 Å². The lowest BCUT2D eigenvalue weighted by Gasteiger charge is -2.07. The molecule has 3 aromatic carbocycles. The van der Waals surface area contributed by atoms with Crippen molar-refractivity contribution in [3.8, 4) is 28.5 Å². The minimum absolute atomic E-state index is 0.165. The molecule has 0 spiro atoms. The van der Waals surface area contributed by atoms with E-state index < -0.39 is 11.9 Å².